The van der Waals surface area contributed by atoms with Crippen LogP contribution in [-0.4, -0.2) is 39.8 Å². The average Bonchev–Trinajstić information content (AvgIpc) is 2.54. The van der Waals surface area contributed by atoms with E-state index in [2.05, 4.69) is 9.97 Å². The number of amides is 2. The van der Waals surface area contributed by atoms with Gasteiger partial charge in [0.1, 0.15) is 0 Å². The maximum Gasteiger partial charge on any atom is 0.287 e. The molecule has 1 aromatic rings. The largest absolute Gasteiger partial charge is 0.382 e. The Hall–Kier alpha value is -2.22. The van der Waals surface area contributed by atoms with E-state index in [1.807, 2.05) is 17.2 Å². The fraction of sp³-hybridized carbons (Fsp3) is 0.538. The van der Waals surface area contributed by atoms with E-state index in [9.17, 15) is 9.59 Å². The van der Waals surface area contributed by atoms with Gasteiger partial charge in [-0.15, -0.1) is 0 Å². The molecular formula is C13H20N6O2. The standard InChI is InChI=1S/C13H20N6O2/c1-2-10(20)19-5-3-8(4-6-19)9-7-16-12(14)11(17-9)13(21)18-15/h7-8H,2-6,15H2,1H3,(H2,14,16)(H,18,21). The van der Waals surface area contributed by atoms with Crippen molar-refractivity contribution in [1.29, 1.82) is 0 Å². The molecule has 2 amide bonds. The molecule has 8 heteroatoms. The Balaban J connectivity index is 2.10. The molecule has 1 aromatic heterocycles. The molecule has 8 nitrogen and oxygen atoms in total. The smallest absolute Gasteiger partial charge is 0.287 e. The summed E-state index contributed by atoms with van der Waals surface area (Å²) >= 11 is 0. The van der Waals surface area contributed by atoms with Gasteiger partial charge in [-0.3, -0.25) is 15.0 Å². The van der Waals surface area contributed by atoms with Crippen LogP contribution in [0.1, 0.15) is 48.3 Å². The number of piperidine rings is 1. The van der Waals surface area contributed by atoms with Crippen molar-refractivity contribution in [2.24, 2.45) is 5.84 Å². The van der Waals surface area contributed by atoms with Gasteiger partial charge in [-0.05, 0) is 12.8 Å². The van der Waals surface area contributed by atoms with Crippen LogP contribution in [0.15, 0.2) is 6.20 Å². The Morgan fingerprint density at radius 2 is 2.10 bits per heavy atom. The van der Waals surface area contributed by atoms with Crippen LogP contribution in [0, 0.1) is 0 Å². The number of hydrogen-bond donors (Lipinski definition) is 3. The first-order valence-corrected chi connectivity index (χ1v) is 6.98. The predicted molar refractivity (Wildman–Crippen MR) is 76.9 cm³/mol. The number of aromatic nitrogens is 2. The highest BCUT2D eigenvalue weighted by atomic mass is 16.2. The number of carbonyl (C=O) groups is 2. The van der Waals surface area contributed by atoms with Crippen molar-refractivity contribution in [3.8, 4) is 0 Å². The number of hydrogen-bond acceptors (Lipinski definition) is 6. The summed E-state index contributed by atoms with van der Waals surface area (Å²) in [5.74, 6) is 4.94. The second-order valence-electron chi connectivity index (χ2n) is 5.01. The Bertz CT molecular complexity index is 539. The molecule has 21 heavy (non-hydrogen) atoms. The van der Waals surface area contributed by atoms with E-state index in [1.54, 1.807) is 6.20 Å². The van der Waals surface area contributed by atoms with E-state index in [1.165, 1.54) is 0 Å². The molecule has 0 atom stereocenters. The Morgan fingerprint density at radius 3 is 2.67 bits per heavy atom. The summed E-state index contributed by atoms with van der Waals surface area (Å²) < 4.78 is 0. The Labute approximate surface area is 122 Å². The van der Waals surface area contributed by atoms with Gasteiger partial charge in [-0.25, -0.2) is 15.8 Å². The first-order valence-electron chi connectivity index (χ1n) is 6.98. The summed E-state index contributed by atoms with van der Waals surface area (Å²) in [6.07, 6.45) is 3.71. The van der Waals surface area contributed by atoms with E-state index in [4.69, 9.17) is 11.6 Å². The van der Waals surface area contributed by atoms with Crippen molar-refractivity contribution in [2.75, 3.05) is 18.8 Å². The van der Waals surface area contributed by atoms with Gasteiger partial charge in [-0.2, -0.15) is 0 Å². The first-order chi connectivity index (χ1) is 10.1. The molecule has 0 saturated carbocycles. The number of nitrogens with zero attached hydrogens (tertiary/aromatic N) is 3. The summed E-state index contributed by atoms with van der Waals surface area (Å²) in [7, 11) is 0. The van der Waals surface area contributed by atoms with E-state index in [0.29, 0.717) is 25.2 Å². The molecule has 0 unspecified atom stereocenters. The van der Waals surface area contributed by atoms with Crippen molar-refractivity contribution >= 4 is 17.6 Å². The summed E-state index contributed by atoms with van der Waals surface area (Å²) in [6.45, 7) is 3.25. The molecule has 0 spiro atoms. The van der Waals surface area contributed by atoms with Crippen molar-refractivity contribution < 1.29 is 9.59 Å². The lowest BCUT2D eigenvalue weighted by Crippen LogP contribution is -2.38. The molecule has 0 bridgehead atoms. The lowest BCUT2D eigenvalue weighted by atomic mass is 9.93. The predicted octanol–water partition coefficient (Wildman–Crippen LogP) is -0.222. The van der Waals surface area contributed by atoms with Gasteiger partial charge in [0.2, 0.25) is 5.91 Å². The topological polar surface area (TPSA) is 127 Å². The summed E-state index contributed by atoms with van der Waals surface area (Å²) in [6, 6.07) is 0. The number of nitrogens with two attached hydrogens (primary N) is 2. The van der Waals surface area contributed by atoms with Gasteiger partial charge in [0.25, 0.3) is 5.91 Å². The first kappa shape index (κ1) is 15.2. The van der Waals surface area contributed by atoms with Crippen LogP contribution >= 0.6 is 0 Å². The molecule has 0 aliphatic carbocycles. The molecule has 1 saturated heterocycles. The van der Waals surface area contributed by atoms with Crippen molar-refractivity contribution in [2.45, 2.75) is 32.1 Å². The van der Waals surface area contributed by atoms with Gasteiger partial charge in [0, 0.05) is 25.4 Å². The molecule has 1 aliphatic heterocycles. The molecule has 0 aromatic carbocycles. The van der Waals surface area contributed by atoms with Crippen LogP contribution in [0.4, 0.5) is 5.82 Å². The summed E-state index contributed by atoms with van der Waals surface area (Å²) in [4.78, 5) is 33.4. The van der Waals surface area contributed by atoms with Crippen LogP contribution in [0.3, 0.4) is 0 Å². The van der Waals surface area contributed by atoms with Gasteiger partial charge in [0.15, 0.2) is 11.5 Å². The lowest BCUT2D eigenvalue weighted by molar-refractivity contribution is -0.131. The van der Waals surface area contributed by atoms with E-state index < -0.39 is 5.91 Å². The highest BCUT2D eigenvalue weighted by Crippen LogP contribution is 2.27. The fourth-order valence-corrected chi connectivity index (χ4v) is 2.49. The van der Waals surface area contributed by atoms with Crippen LogP contribution in [-0.2, 0) is 4.79 Å². The molecule has 1 aliphatic rings. The van der Waals surface area contributed by atoms with E-state index >= 15 is 0 Å². The third-order valence-electron chi connectivity index (χ3n) is 3.73. The van der Waals surface area contributed by atoms with Crippen LogP contribution in [0.2, 0.25) is 0 Å². The van der Waals surface area contributed by atoms with E-state index in [0.717, 1.165) is 12.8 Å². The van der Waals surface area contributed by atoms with Crippen LogP contribution in [0.5, 0.6) is 0 Å². The number of nitrogens with one attached hydrogen (secondary N) is 1. The third kappa shape index (κ3) is 3.27. The molecule has 2 rings (SSSR count). The Kier molecular flexibility index (Phi) is 4.69. The highest BCUT2D eigenvalue weighted by molar-refractivity contribution is 5.95. The maximum atomic E-state index is 11.7. The van der Waals surface area contributed by atoms with Gasteiger partial charge >= 0.3 is 0 Å². The molecular weight excluding hydrogens is 272 g/mol. The van der Waals surface area contributed by atoms with Gasteiger partial charge < -0.3 is 10.6 Å². The monoisotopic (exact) mass is 292 g/mol. The van der Waals surface area contributed by atoms with Crippen molar-refractivity contribution in [3.63, 3.8) is 0 Å². The van der Waals surface area contributed by atoms with Crippen LogP contribution in [0.25, 0.3) is 0 Å². The quantitative estimate of drug-likeness (QED) is 0.401. The minimum absolute atomic E-state index is 0.0436. The lowest BCUT2D eigenvalue weighted by Gasteiger charge is -2.31. The number of nitrogen functional groups attached to an aromatic ring is 2. The second kappa shape index (κ2) is 6.49. The zero-order valence-electron chi connectivity index (χ0n) is 12.0. The highest BCUT2D eigenvalue weighted by Gasteiger charge is 2.25. The minimum Gasteiger partial charge on any atom is -0.382 e. The maximum absolute atomic E-state index is 11.7. The summed E-state index contributed by atoms with van der Waals surface area (Å²) in [5.41, 5.74) is 8.40. The SMILES string of the molecule is CCC(=O)N1CCC(c2cnc(N)c(C(=O)NN)n2)CC1. The third-order valence-corrected chi connectivity index (χ3v) is 3.73. The summed E-state index contributed by atoms with van der Waals surface area (Å²) in [5, 5.41) is 0. The average molecular weight is 292 g/mol. The van der Waals surface area contributed by atoms with E-state index in [-0.39, 0.29) is 23.3 Å². The minimum atomic E-state index is -0.555. The zero-order chi connectivity index (χ0) is 15.4. The molecule has 2 heterocycles. The van der Waals surface area contributed by atoms with Crippen molar-refractivity contribution in [3.05, 3.63) is 17.6 Å². The number of anilines is 1. The van der Waals surface area contributed by atoms with Crippen molar-refractivity contribution in [1.82, 2.24) is 20.3 Å². The fourth-order valence-electron chi connectivity index (χ4n) is 2.49. The number of hydrazine groups is 1. The normalized spacial score (nSPS) is 15.8. The second-order valence-corrected chi connectivity index (χ2v) is 5.01. The number of likely N-dealkylation sites (tertiary alicyclic amines) is 1. The van der Waals surface area contributed by atoms with Gasteiger partial charge in [-0.1, -0.05) is 6.92 Å². The molecule has 0 radical (unpaired) electrons. The number of carbonyl (C=O) groups excluding carboxylic acids is 2. The molecule has 5 N–H and O–H groups in total. The van der Waals surface area contributed by atoms with Crippen LogP contribution < -0.4 is 17.0 Å². The Morgan fingerprint density at radius 1 is 1.43 bits per heavy atom. The zero-order valence-corrected chi connectivity index (χ0v) is 12.0. The molecule has 114 valence electrons. The number of rotatable bonds is 3. The van der Waals surface area contributed by atoms with Gasteiger partial charge in [0.05, 0.1) is 11.9 Å². The molecule has 1 fully saturated rings.